The number of unbranched alkanes of at least 4 members (excludes halogenated alkanes) is 1. The van der Waals surface area contributed by atoms with E-state index in [1.54, 1.807) is 0 Å². The summed E-state index contributed by atoms with van der Waals surface area (Å²) in [7, 11) is 4.02. The second-order valence-electron chi connectivity index (χ2n) is 29.1. The molecule has 0 radical (unpaired) electrons. The number of hydrogen-bond donors (Lipinski definition) is 5. The van der Waals surface area contributed by atoms with Crippen molar-refractivity contribution in [2.45, 2.75) is 104 Å². The monoisotopic (exact) mass is 1650 g/mol. The normalized spacial score (nSPS) is 11.7. The lowest BCUT2D eigenvalue weighted by molar-refractivity contribution is -0.699. The molecule has 10 aromatic rings. The number of benzene rings is 6. The van der Waals surface area contributed by atoms with Gasteiger partial charge in [0, 0.05) is 175 Å². The molecule has 0 saturated heterocycles. The van der Waals surface area contributed by atoms with Crippen LogP contribution in [0.4, 0.5) is 39.8 Å². The molecule has 1 aliphatic carbocycles. The van der Waals surface area contributed by atoms with Crippen LogP contribution in [0.5, 0.6) is 0 Å². The summed E-state index contributed by atoms with van der Waals surface area (Å²) in [6.07, 6.45) is 45.9. The predicted molar refractivity (Wildman–Crippen MR) is 507 cm³/mol. The van der Waals surface area contributed by atoms with Crippen LogP contribution in [0.3, 0.4) is 0 Å². The molecule has 0 unspecified atom stereocenters. The van der Waals surface area contributed by atoms with Crippen LogP contribution in [0, 0.1) is 6.92 Å². The molecule has 1 aliphatic rings. The summed E-state index contributed by atoms with van der Waals surface area (Å²) >= 11 is 0. The van der Waals surface area contributed by atoms with Gasteiger partial charge in [-0.25, -0.2) is 13.7 Å². The average molecular weight is 1650 g/mol. The van der Waals surface area contributed by atoms with Crippen LogP contribution in [0.25, 0.3) is 23.8 Å². The maximum absolute atomic E-state index is 9.26. The fourth-order valence-corrected chi connectivity index (χ4v) is 12.8. The number of ether oxygens (including phenoxy) is 2. The molecule has 0 saturated carbocycles. The van der Waals surface area contributed by atoms with Gasteiger partial charge in [0.15, 0.2) is 63.0 Å². The number of nitrogens with zero attached hydrogens (tertiary/aromatic N) is 12. The highest BCUT2D eigenvalue weighted by Crippen LogP contribution is 2.32. The van der Waals surface area contributed by atoms with Gasteiger partial charge in [0.1, 0.15) is 6.54 Å². The molecule has 0 spiro atoms. The first kappa shape index (κ1) is 96.9. The van der Waals surface area contributed by atoms with Crippen molar-refractivity contribution in [1.29, 1.82) is 0 Å². The van der Waals surface area contributed by atoms with E-state index in [4.69, 9.17) is 9.47 Å². The molecule has 122 heavy (non-hydrogen) atoms. The molecule has 6 aromatic carbocycles. The zero-order valence-corrected chi connectivity index (χ0v) is 72.3. The van der Waals surface area contributed by atoms with Crippen molar-refractivity contribution in [3.05, 3.63) is 358 Å². The van der Waals surface area contributed by atoms with E-state index in [-0.39, 0.29) is 26.4 Å². The maximum Gasteiger partial charge on any atom is 0.205 e. The van der Waals surface area contributed by atoms with Gasteiger partial charge in [-0.1, -0.05) is 115 Å². The lowest BCUT2D eigenvalue weighted by Gasteiger charge is -2.23. The van der Waals surface area contributed by atoms with E-state index in [1.165, 1.54) is 39.9 Å². The van der Waals surface area contributed by atoms with Crippen LogP contribution < -0.4 is 43.4 Å². The van der Waals surface area contributed by atoms with Gasteiger partial charge in [0.05, 0.1) is 68.2 Å². The second kappa shape index (κ2) is 59.5. The minimum absolute atomic E-state index is 0.0661. The molecule has 19 heteroatoms. The zero-order chi connectivity index (χ0) is 86.7. The number of aliphatic hydroxyl groups excluding tert-OH is 4. The van der Waals surface area contributed by atoms with Gasteiger partial charge in [-0.2, -0.15) is 25.0 Å². The number of hydrazone groups is 2. The molecule has 19 nitrogen and oxygen atoms in total. The smallest absolute Gasteiger partial charge is 0.205 e. The van der Waals surface area contributed by atoms with Crippen molar-refractivity contribution < 1.29 is 48.2 Å². The SMILES string of the molecule is C=CCCN(C)c1ccc(N=Nc2ccc(C)cc2)cc1.C=CCCOCCCC[n+]1ccccc1/C=C/c1ccc(N(CCO)CCO)cc1.C=CCCOCCC[n+]1ccc2c(c1)CCC/C2=C\c1ccc(N(CCO)CCO)cc1.C=CCC[n+]1ccc(/C=N/N(C)c2ccccc2)cc1.C=CCC[n+]1ccc(/C=N/Nc2ccccc2)cc1. The number of rotatable bonds is 46. The van der Waals surface area contributed by atoms with Crippen LogP contribution in [0.1, 0.15) is 109 Å². The average Bonchev–Trinajstić information content (AvgIpc) is 0.808. The lowest BCUT2D eigenvalue weighted by atomic mass is 9.87. The van der Waals surface area contributed by atoms with E-state index < -0.39 is 0 Å². The largest absolute Gasteiger partial charge is 0.395 e. The summed E-state index contributed by atoms with van der Waals surface area (Å²) in [6, 6.07) is 69.3. The first-order chi connectivity index (χ1) is 59.9. The highest BCUT2D eigenvalue weighted by molar-refractivity contribution is 5.84. The van der Waals surface area contributed by atoms with E-state index in [9.17, 15) is 20.4 Å². The van der Waals surface area contributed by atoms with Crippen LogP contribution >= 0.6 is 0 Å². The Morgan fingerprint density at radius 2 is 0.934 bits per heavy atom. The molecule has 4 heterocycles. The van der Waals surface area contributed by atoms with E-state index in [0.29, 0.717) is 26.2 Å². The standard InChI is InChI=1S/C27H37N2O3.C25H35N2O3.C18H21N3.C17H20N3.C16H17N3/c1-2-3-19-32-20-5-13-28-14-12-27-24(6-4-7-25(27)22-28)21-23-8-10-26(11-9-23)29(15-17-30)16-18-31;1-2-3-21-30-22-7-6-16-26-15-5-4-8-24(26)12-9-23-10-13-25(14-11-23)27(17-19-28)18-20-29;1-4-5-14-21(3)18-12-10-17(11-13-18)20-19-16-8-6-15(2)7-9-16;1-3-4-12-20-13-10-16(11-14-20)15-18-19(2)17-8-6-5-7-9-17;1-2-3-11-19-12-9-15(10-13-19)14-17-18-16-7-5-4-6-8-16/h2,8-12,14,21-22,30-31H,1,3-7,13,15-20H2;2,4-5,8-15,28-29H,1,3,6-7,16-22H2;4,6-13H,1,5,14H2,2-3H3;3,5-11,13-15H,1,4,12H2,2H3;2,4-10,12-14H,1,3,11H2/q2*+1;;+1;/p+1. The number of fused-ring (bicyclic) bond motifs is 1. The number of nitrogens with one attached hydrogen (secondary N) is 1. The van der Waals surface area contributed by atoms with Crippen LogP contribution in [-0.4, -0.2) is 133 Å². The quantitative estimate of drug-likeness (QED) is 0.00610. The van der Waals surface area contributed by atoms with Crippen molar-refractivity contribution in [2.75, 3.05) is 125 Å². The highest BCUT2D eigenvalue weighted by atomic mass is 16.5. The Morgan fingerprint density at radius 1 is 0.426 bits per heavy atom. The number of pyridine rings is 4. The van der Waals surface area contributed by atoms with E-state index in [0.717, 1.165) is 180 Å². The van der Waals surface area contributed by atoms with Crippen molar-refractivity contribution in [3.8, 4) is 0 Å². The molecule has 0 bridgehead atoms. The number of anilines is 5. The lowest BCUT2D eigenvalue weighted by Crippen LogP contribution is -2.36. The van der Waals surface area contributed by atoms with Crippen molar-refractivity contribution in [2.24, 2.45) is 20.4 Å². The summed E-state index contributed by atoms with van der Waals surface area (Å²) in [4.78, 5) is 6.17. The molecule has 640 valence electrons. The Kier molecular flexibility index (Phi) is 47.3. The third-order valence-corrected chi connectivity index (χ3v) is 19.7. The number of aliphatic hydroxyl groups is 4. The molecular formula is C103H131N13O6+4. The topological polar surface area (TPSA) is 189 Å². The molecule has 0 amide bonds. The van der Waals surface area contributed by atoms with Gasteiger partial charge >= 0.3 is 0 Å². The number of hydrogen-bond acceptors (Lipinski definition) is 15. The summed E-state index contributed by atoms with van der Waals surface area (Å²) in [5, 5.41) is 55.9. The molecule has 4 aromatic heterocycles. The van der Waals surface area contributed by atoms with Gasteiger partial charge < -0.3 is 44.6 Å². The Labute approximate surface area is 726 Å². The number of aromatic nitrogens is 4. The Hall–Kier alpha value is -12.2. The van der Waals surface area contributed by atoms with E-state index in [1.807, 2.05) is 198 Å². The highest BCUT2D eigenvalue weighted by Gasteiger charge is 2.19. The van der Waals surface area contributed by atoms with Crippen molar-refractivity contribution >= 4 is 76.0 Å². The minimum Gasteiger partial charge on any atom is -0.395 e. The minimum atomic E-state index is 0.0661. The fourth-order valence-electron chi connectivity index (χ4n) is 12.8. The maximum atomic E-state index is 9.26. The molecule has 11 rings (SSSR count). The molecule has 0 atom stereocenters. The summed E-state index contributed by atoms with van der Waals surface area (Å²) < 4.78 is 20.0. The van der Waals surface area contributed by atoms with E-state index >= 15 is 0 Å². The zero-order valence-electron chi connectivity index (χ0n) is 72.3. The number of aryl methyl sites for hydroxylation is 6. The third kappa shape index (κ3) is 38.0. The third-order valence-electron chi connectivity index (χ3n) is 19.7. The Bertz CT molecular complexity index is 4700. The van der Waals surface area contributed by atoms with Gasteiger partial charge in [0.25, 0.3) is 0 Å². The van der Waals surface area contributed by atoms with Crippen LogP contribution in [-0.2, 0) is 42.1 Å². The van der Waals surface area contributed by atoms with Gasteiger partial charge in [-0.3, -0.25) is 10.4 Å². The number of allylic oxidation sites excluding steroid dienone is 3. The van der Waals surface area contributed by atoms with Gasteiger partial charge in [0.2, 0.25) is 5.69 Å². The van der Waals surface area contributed by atoms with Crippen LogP contribution in [0.2, 0.25) is 0 Å². The van der Waals surface area contributed by atoms with Crippen molar-refractivity contribution in [1.82, 2.24) is 0 Å². The van der Waals surface area contributed by atoms with Gasteiger partial charge in [-0.05, 0) is 171 Å². The second-order valence-corrected chi connectivity index (χ2v) is 29.1. The molecule has 5 N–H and O–H groups in total. The Balaban J connectivity index is 0.000000213. The molecule has 0 fully saturated rings. The van der Waals surface area contributed by atoms with Crippen molar-refractivity contribution in [3.63, 3.8) is 0 Å². The van der Waals surface area contributed by atoms with Crippen LogP contribution in [0.15, 0.2) is 333 Å². The molecule has 0 aliphatic heterocycles. The first-order valence-corrected chi connectivity index (χ1v) is 42.6. The summed E-state index contributed by atoms with van der Waals surface area (Å²) in [5.41, 5.74) is 21.0. The summed E-state index contributed by atoms with van der Waals surface area (Å²) in [6.45, 7) is 30.9. The molecular weight excluding hydrogens is 1520 g/mol. The first-order valence-electron chi connectivity index (χ1n) is 42.6. The van der Waals surface area contributed by atoms with E-state index in [2.05, 4.69) is 230 Å². The number of para-hydroxylation sites is 2. The summed E-state index contributed by atoms with van der Waals surface area (Å²) in [5.74, 6) is 0. The Morgan fingerprint density at radius 3 is 1.49 bits per heavy atom. The van der Waals surface area contributed by atoms with Gasteiger partial charge in [-0.15, -0.1) is 32.9 Å². The predicted octanol–water partition coefficient (Wildman–Crippen LogP) is 18.4. The fraction of sp³-hybridized carbons (Fsp3) is 0.301. The number of azo groups is 1.